The van der Waals surface area contributed by atoms with E-state index < -0.39 is 0 Å². The van der Waals surface area contributed by atoms with Crippen LogP contribution in [0, 0.1) is 11.3 Å². The quantitative estimate of drug-likeness (QED) is 0.827. The van der Waals surface area contributed by atoms with Gasteiger partial charge in [-0.2, -0.15) is 5.26 Å². The monoisotopic (exact) mass is 258 g/mol. The van der Waals surface area contributed by atoms with Gasteiger partial charge >= 0.3 is 0 Å². The molecule has 2 rings (SSSR count). The summed E-state index contributed by atoms with van der Waals surface area (Å²) in [6.45, 7) is 2.91. The zero-order valence-corrected chi connectivity index (χ0v) is 10.9. The maximum atomic E-state index is 8.80. The lowest BCUT2D eigenvalue weighted by Gasteiger charge is -2.12. The number of benzene rings is 1. The third-order valence-electron chi connectivity index (χ3n) is 2.66. The number of aromatic nitrogens is 1. The van der Waals surface area contributed by atoms with Crippen molar-refractivity contribution < 1.29 is 0 Å². The molecule has 1 atom stereocenters. The second-order valence-electron chi connectivity index (χ2n) is 4.07. The SMILES string of the molecule is CC(CNc1ccc(C#N)c(N)c1)c1nccs1. The molecule has 5 heteroatoms. The fraction of sp³-hybridized carbons (Fsp3) is 0.231. The van der Waals surface area contributed by atoms with E-state index in [-0.39, 0.29) is 0 Å². The van der Waals surface area contributed by atoms with Gasteiger partial charge in [0.2, 0.25) is 0 Å². The fourth-order valence-electron chi connectivity index (χ4n) is 1.61. The minimum absolute atomic E-state index is 0.349. The number of thiazole rings is 1. The van der Waals surface area contributed by atoms with Crippen LogP contribution in [0.25, 0.3) is 0 Å². The molecule has 0 spiro atoms. The van der Waals surface area contributed by atoms with Crippen LogP contribution in [-0.4, -0.2) is 11.5 Å². The molecule has 0 fully saturated rings. The van der Waals surface area contributed by atoms with Crippen molar-refractivity contribution in [1.29, 1.82) is 5.26 Å². The van der Waals surface area contributed by atoms with Gasteiger partial charge in [-0.1, -0.05) is 6.92 Å². The third kappa shape index (κ3) is 2.79. The van der Waals surface area contributed by atoms with Gasteiger partial charge in [0.1, 0.15) is 6.07 Å². The van der Waals surface area contributed by atoms with Crippen LogP contribution in [0.4, 0.5) is 11.4 Å². The maximum absolute atomic E-state index is 8.80. The van der Waals surface area contributed by atoms with Crippen LogP contribution in [0.3, 0.4) is 0 Å². The van der Waals surface area contributed by atoms with Gasteiger partial charge in [0.15, 0.2) is 0 Å². The van der Waals surface area contributed by atoms with Crippen LogP contribution in [-0.2, 0) is 0 Å². The third-order valence-corrected chi connectivity index (χ3v) is 3.66. The molecule has 3 N–H and O–H groups in total. The van der Waals surface area contributed by atoms with E-state index in [2.05, 4.69) is 17.2 Å². The van der Waals surface area contributed by atoms with Crippen LogP contribution in [0.2, 0.25) is 0 Å². The molecule has 18 heavy (non-hydrogen) atoms. The van der Waals surface area contributed by atoms with E-state index in [4.69, 9.17) is 11.0 Å². The van der Waals surface area contributed by atoms with Crippen LogP contribution in [0.15, 0.2) is 29.8 Å². The summed E-state index contributed by atoms with van der Waals surface area (Å²) in [6.07, 6.45) is 1.82. The molecule has 1 aromatic carbocycles. The minimum atomic E-state index is 0.349. The second kappa shape index (κ2) is 5.52. The van der Waals surface area contributed by atoms with Gasteiger partial charge < -0.3 is 11.1 Å². The van der Waals surface area contributed by atoms with Gasteiger partial charge in [0.25, 0.3) is 0 Å². The number of rotatable bonds is 4. The van der Waals surface area contributed by atoms with E-state index in [0.717, 1.165) is 17.2 Å². The molecule has 1 aromatic heterocycles. The number of nitriles is 1. The number of hydrogen-bond acceptors (Lipinski definition) is 5. The van der Waals surface area contributed by atoms with Crippen LogP contribution in [0.5, 0.6) is 0 Å². The first-order valence-electron chi connectivity index (χ1n) is 5.63. The Balaban J connectivity index is 1.99. The number of hydrogen-bond donors (Lipinski definition) is 2. The number of nitrogen functional groups attached to an aromatic ring is 1. The Morgan fingerprint density at radius 1 is 1.56 bits per heavy atom. The standard InChI is InChI=1S/C13H14N4S/c1-9(13-16-4-5-18-13)8-17-11-3-2-10(7-14)12(15)6-11/h2-6,9,17H,8,15H2,1H3. The summed E-state index contributed by atoms with van der Waals surface area (Å²) in [5.74, 6) is 0.349. The van der Waals surface area contributed by atoms with Crippen molar-refractivity contribution in [1.82, 2.24) is 4.98 Å². The number of nitrogens with zero attached hydrogens (tertiary/aromatic N) is 2. The van der Waals surface area contributed by atoms with Crippen LogP contribution in [0.1, 0.15) is 23.4 Å². The molecule has 0 saturated heterocycles. The molecule has 0 aliphatic carbocycles. The molecule has 0 radical (unpaired) electrons. The molecule has 1 unspecified atom stereocenters. The van der Waals surface area contributed by atoms with Gasteiger partial charge in [0, 0.05) is 29.7 Å². The first-order chi connectivity index (χ1) is 8.70. The van der Waals surface area contributed by atoms with Gasteiger partial charge in [-0.05, 0) is 18.2 Å². The number of anilines is 2. The Hall–Kier alpha value is -2.06. The van der Waals surface area contributed by atoms with Gasteiger partial charge in [0.05, 0.1) is 16.3 Å². The van der Waals surface area contributed by atoms with Crippen molar-refractivity contribution >= 4 is 22.7 Å². The topological polar surface area (TPSA) is 74.7 Å². The largest absolute Gasteiger partial charge is 0.398 e. The number of nitrogens with two attached hydrogens (primary N) is 1. The zero-order chi connectivity index (χ0) is 13.0. The molecule has 0 bridgehead atoms. The molecule has 2 aromatic rings. The van der Waals surface area contributed by atoms with Crippen molar-refractivity contribution in [3.63, 3.8) is 0 Å². The van der Waals surface area contributed by atoms with E-state index in [1.165, 1.54) is 0 Å². The summed E-state index contributed by atoms with van der Waals surface area (Å²) < 4.78 is 0. The highest BCUT2D eigenvalue weighted by atomic mass is 32.1. The lowest BCUT2D eigenvalue weighted by atomic mass is 10.1. The maximum Gasteiger partial charge on any atom is 0.101 e. The van der Waals surface area contributed by atoms with Gasteiger partial charge in [-0.15, -0.1) is 11.3 Å². The normalized spacial score (nSPS) is 11.8. The fourth-order valence-corrected chi connectivity index (χ4v) is 2.31. The average molecular weight is 258 g/mol. The molecular weight excluding hydrogens is 244 g/mol. The van der Waals surface area contributed by atoms with Crippen molar-refractivity contribution in [3.8, 4) is 6.07 Å². The highest BCUT2D eigenvalue weighted by molar-refractivity contribution is 7.09. The Morgan fingerprint density at radius 3 is 3.00 bits per heavy atom. The highest BCUT2D eigenvalue weighted by Crippen LogP contribution is 2.20. The smallest absolute Gasteiger partial charge is 0.101 e. The molecule has 1 heterocycles. The lowest BCUT2D eigenvalue weighted by Crippen LogP contribution is -2.09. The van der Waals surface area contributed by atoms with Gasteiger partial charge in [-0.3, -0.25) is 0 Å². The van der Waals surface area contributed by atoms with Crippen molar-refractivity contribution in [2.75, 3.05) is 17.6 Å². The summed E-state index contributed by atoms with van der Waals surface area (Å²) >= 11 is 1.66. The van der Waals surface area contributed by atoms with E-state index in [9.17, 15) is 0 Å². The van der Waals surface area contributed by atoms with Crippen molar-refractivity contribution in [3.05, 3.63) is 40.3 Å². The summed E-state index contributed by atoms with van der Waals surface area (Å²) in [6, 6.07) is 7.43. The molecule has 0 saturated carbocycles. The Morgan fingerprint density at radius 2 is 2.39 bits per heavy atom. The van der Waals surface area contributed by atoms with Crippen molar-refractivity contribution in [2.45, 2.75) is 12.8 Å². The Bertz CT molecular complexity index is 557. The van der Waals surface area contributed by atoms with E-state index in [1.807, 2.05) is 23.7 Å². The summed E-state index contributed by atoms with van der Waals surface area (Å²) in [5.41, 5.74) is 7.70. The molecule has 4 nitrogen and oxygen atoms in total. The minimum Gasteiger partial charge on any atom is -0.398 e. The molecular formula is C13H14N4S. The second-order valence-corrected chi connectivity index (χ2v) is 4.99. The summed E-state index contributed by atoms with van der Waals surface area (Å²) in [4.78, 5) is 4.28. The van der Waals surface area contributed by atoms with E-state index in [0.29, 0.717) is 17.2 Å². The predicted octanol–water partition coefficient (Wildman–Crippen LogP) is 2.81. The lowest BCUT2D eigenvalue weighted by molar-refractivity contribution is 0.795. The summed E-state index contributed by atoms with van der Waals surface area (Å²) in [5, 5.41) is 15.2. The molecule has 92 valence electrons. The van der Waals surface area contributed by atoms with Crippen molar-refractivity contribution in [2.24, 2.45) is 0 Å². The number of nitrogens with one attached hydrogen (secondary N) is 1. The van der Waals surface area contributed by atoms with Gasteiger partial charge in [-0.25, -0.2) is 4.98 Å². The molecule has 0 aliphatic rings. The summed E-state index contributed by atoms with van der Waals surface area (Å²) in [7, 11) is 0. The first-order valence-corrected chi connectivity index (χ1v) is 6.51. The predicted molar refractivity (Wildman–Crippen MR) is 74.6 cm³/mol. The average Bonchev–Trinajstić information content (AvgIpc) is 2.90. The molecule has 0 amide bonds. The Kier molecular flexibility index (Phi) is 3.80. The molecule has 0 aliphatic heterocycles. The van der Waals surface area contributed by atoms with E-state index in [1.54, 1.807) is 23.5 Å². The van der Waals surface area contributed by atoms with E-state index >= 15 is 0 Å². The highest BCUT2D eigenvalue weighted by Gasteiger charge is 2.08. The Labute approximate surface area is 110 Å². The zero-order valence-electron chi connectivity index (χ0n) is 10.1. The first kappa shape index (κ1) is 12.4. The van der Waals surface area contributed by atoms with Crippen LogP contribution >= 0.6 is 11.3 Å². The van der Waals surface area contributed by atoms with Crippen LogP contribution < -0.4 is 11.1 Å².